The molecule has 11 rings (SSSR count). The van der Waals surface area contributed by atoms with E-state index in [4.69, 9.17) is 48.7 Å². The number of hydrogen-bond acceptors (Lipinski definition) is 11. The number of hydrogen-bond donors (Lipinski definition) is 0. The highest BCUT2D eigenvalue weighted by Crippen LogP contribution is 2.35. The second-order valence-electron chi connectivity index (χ2n) is 28.7. The molecule has 11 nitrogen and oxygen atoms in total. The summed E-state index contributed by atoms with van der Waals surface area (Å²) in [7, 11) is 2.11. The van der Waals surface area contributed by atoms with E-state index in [0.717, 1.165) is 33.0 Å². The van der Waals surface area contributed by atoms with E-state index in [0.29, 0.717) is 0 Å². The van der Waals surface area contributed by atoms with Crippen LogP contribution in [0.3, 0.4) is 0 Å². The second-order valence-corrected chi connectivity index (χ2v) is 68.2. The molecule has 11 aliphatic rings. The molecule has 0 spiro atoms. The lowest BCUT2D eigenvalue weighted by atomic mass is 10.3. The van der Waals surface area contributed by atoms with Crippen LogP contribution in [0.1, 0.15) is 169 Å². The van der Waals surface area contributed by atoms with Crippen LogP contribution < -0.4 is 0 Å². The molecule has 0 amide bonds. The molecule has 0 radical (unpaired) electrons. The maximum atomic E-state index is 5.81. The van der Waals surface area contributed by atoms with E-state index in [1.807, 2.05) is 42.7 Å². The summed E-state index contributed by atoms with van der Waals surface area (Å²) in [5.74, 6) is 0. The molecule has 11 aliphatic heterocycles. The summed E-state index contributed by atoms with van der Waals surface area (Å²) in [5.41, 5.74) is 0. The van der Waals surface area contributed by atoms with Crippen molar-refractivity contribution >= 4 is 95.1 Å². The van der Waals surface area contributed by atoms with E-state index in [1.54, 1.807) is 0 Å². The van der Waals surface area contributed by atoms with E-state index >= 15 is 0 Å². The highest BCUT2D eigenvalue weighted by molar-refractivity contribution is 6.76. The molecule has 11 heterocycles. The molecule has 22 heteroatoms. The Bertz CT molecular complexity index is 1500. The summed E-state index contributed by atoms with van der Waals surface area (Å²) in [6, 6.07) is 31.1. The van der Waals surface area contributed by atoms with Crippen LogP contribution in [0.4, 0.5) is 0 Å². The van der Waals surface area contributed by atoms with Gasteiger partial charge in [0.2, 0.25) is 0 Å². The molecule has 0 N–H and O–H groups in total. The highest BCUT2D eigenvalue weighted by Gasteiger charge is 2.37. The van der Waals surface area contributed by atoms with Gasteiger partial charge in [-0.2, -0.15) is 0 Å². The smallest absolute Gasteiger partial charge is 0.189 e. The summed E-state index contributed by atoms with van der Waals surface area (Å²) in [5, 5.41) is 0. The summed E-state index contributed by atoms with van der Waals surface area (Å²) >= 11 is 0. The lowest BCUT2D eigenvalue weighted by Gasteiger charge is -2.34. The van der Waals surface area contributed by atoms with Crippen molar-refractivity contribution in [1.29, 1.82) is 0 Å². The summed E-state index contributed by atoms with van der Waals surface area (Å²) in [6.07, 6.45) is 30.0. The van der Waals surface area contributed by atoms with Crippen LogP contribution in [0.25, 0.3) is 0 Å². The van der Waals surface area contributed by atoms with Crippen molar-refractivity contribution in [3.8, 4) is 0 Å². The zero-order valence-corrected chi connectivity index (χ0v) is 73.1. The molecule has 0 aromatic rings. The lowest BCUT2D eigenvalue weighted by molar-refractivity contribution is 0.310. The Hall–Kier alpha value is 1.95. The number of rotatable bonds is 16. The molecular weight excluding hydrogens is 1270 g/mol. The van der Waals surface area contributed by atoms with Crippen molar-refractivity contribution < 1.29 is 48.7 Å². The maximum Gasteiger partial charge on any atom is 0.189 e. The summed E-state index contributed by atoms with van der Waals surface area (Å²) in [6.45, 7) is 29.3. The Morgan fingerprint density at radius 1 is 0.218 bits per heavy atom. The fraction of sp³-hybridized carbons (Fsp3) is 1.00. The van der Waals surface area contributed by atoms with E-state index in [1.165, 1.54) is 268 Å². The fourth-order valence-corrected chi connectivity index (χ4v) is 39.1. The predicted octanol–water partition coefficient (Wildman–Crippen LogP) is 19.3. The molecule has 0 aliphatic carbocycles. The van der Waals surface area contributed by atoms with Crippen molar-refractivity contribution in [2.75, 3.05) is 75.7 Å². The van der Waals surface area contributed by atoms with E-state index < -0.39 is 95.1 Å². The van der Waals surface area contributed by atoms with Crippen LogP contribution >= 0.6 is 0 Å². The Morgan fingerprint density at radius 2 is 0.414 bits per heavy atom. The first kappa shape index (κ1) is 87.0. The van der Waals surface area contributed by atoms with Crippen LogP contribution in [0.2, 0.25) is 172 Å². The maximum absolute atomic E-state index is 5.81. The van der Waals surface area contributed by atoms with Crippen LogP contribution in [0, 0.1) is 0 Å². The standard InChI is InChI=1S/C8H18OSi.2C7H16OSi.4C6H14OSi.3C5H12OSi.C4H10OSi/c1-3-9-10(2)7-5-4-6-8-10;1-8-9(2)6-4-3-5-7-9;1-3-8-9(2)6-4-5-7-9;1-7-8(2)5-3-4-6-8;1-7-8-5-3-2-4-6-8;1-3-7-8(2)5-4-6-8;1-2-7-8-5-3-4-6-8;1-6-7(2)4-3-5-7;1-6-7-4-2-3-5-7;1-2-6-7-4-3-5-7;1-5-6-3-2-4-6/h3-8H2,1-2H3;2*3-7H2,1-2H3;3-6H2,1-2H3;8H,2-6H2,1H3;3-6H2,1-2H3;8H,2-6H2,1H3;3-5H2,1-2H3;2*7H,2-5H2,1H3;6H,2-4H2,1H3. The van der Waals surface area contributed by atoms with Crippen molar-refractivity contribution in [1.82, 2.24) is 0 Å². The zero-order valence-electron chi connectivity index (χ0n) is 61.3. The zero-order chi connectivity index (χ0) is 64.6. The summed E-state index contributed by atoms with van der Waals surface area (Å²) in [4.78, 5) is 0. The first-order valence-electron chi connectivity index (χ1n) is 37.2. The van der Waals surface area contributed by atoms with Gasteiger partial charge in [-0.15, -0.1) is 0 Å². The first-order valence-corrected chi connectivity index (χ1v) is 64.6. The van der Waals surface area contributed by atoms with Gasteiger partial charge in [-0.3, -0.25) is 0 Å². The Balaban J connectivity index is 0.000000479. The third-order valence-electron chi connectivity index (χ3n) is 21.0. The van der Waals surface area contributed by atoms with Crippen LogP contribution in [-0.2, 0) is 48.7 Å². The van der Waals surface area contributed by atoms with Crippen molar-refractivity contribution in [2.24, 2.45) is 0 Å². The molecule has 0 aromatic heterocycles. The third kappa shape index (κ3) is 43.0. The molecule has 0 bridgehead atoms. The Labute approximate surface area is 557 Å². The lowest BCUT2D eigenvalue weighted by Crippen LogP contribution is -2.41. The van der Waals surface area contributed by atoms with Crippen LogP contribution in [0.15, 0.2) is 0 Å². The quantitative estimate of drug-likeness (QED) is 0.138. The van der Waals surface area contributed by atoms with Gasteiger partial charge in [0.15, 0.2) is 95.1 Å². The van der Waals surface area contributed by atoms with Gasteiger partial charge in [0.1, 0.15) is 0 Å². The topological polar surface area (TPSA) is 102 Å². The SMILES string of the molecule is CCO[SiH]1CCC1.CCO[SiH]1CCCC1.CCO[Si]1(C)CCC1.CCO[Si]1(C)CCCC1.CCO[Si]1(C)CCCCC1.CO[SiH]1CCC1.CO[SiH]1CCCC1.CO[SiH]1CCCCC1.CO[Si]1(C)CCC1.CO[Si]1(C)CCCC1.CO[Si]1(C)CCCCC1. The molecule has 522 valence electrons. The molecular formula is C65H152O11Si11. The van der Waals surface area contributed by atoms with Gasteiger partial charge >= 0.3 is 0 Å². The molecule has 11 saturated heterocycles. The average Bonchev–Trinajstić information content (AvgIpc) is 4.47. The summed E-state index contributed by atoms with van der Waals surface area (Å²) < 4.78 is 60.1. The minimum Gasteiger partial charge on any atom is -0.423 e. The van der Waals surface area contributed by atoms with Gasteiger partial charge < -0.3 is 48.7 Å². The fourth-order valence-electron chi connectivity index (χ4n) is 13.4. The van der Waals surface area contributed by atoms with Gasteiger partial charge in [-0.05, 0) is 207 Å². The molecule has 0 atom stereocenters. The molecule has 0 saturated carbocycles. The van der Waals surface area contributed by atoms with Crippen molar-refractivity contribution in [2.45, 2.75) is 342 Å². The first-order chi connectivity index (χ1) is 41.8. The normalized spacial score (nSPS) is 24.4. The Kier molecular flexibility index (Phi) is 53.0. The molecule has 0 aromatic carbocycles. The molecule has 11 fully saturated rings. The Morgan fingerprint density at radius 3 is 0.575 bits per heavy atom. The molecule has 0 unspecified atom stereocenters. The van der Waals surface area contributed by atoms with Crippen LogP contribution in [0.5, 0.6) is 0 Å². The van der Waals surface area contributed by atoms with E-state index in [2.05, 4.69) is 73.9 Å². The average molecular weight is 1420 g/mol. The minimum absolute atomic E-state index is 0.480. The monoisotopic (exact) mass is 1420 g/mol. The van der Waals surface area contributed by atoms with Crippen molar-refractivity contribution in [3.05, 3.63) is 0 Å². The van der Waals surface area contributed by atoms with E-state index in [9.17, 15) is 0 Å². The van der Waals surface area contributed by atoms with Gasteiger partial charge in [0, 0.05) is 75.7 Å². The third-order valence-corrected chi connectivity index (χ3v) is 58.0. The minimum atomic E-state index is -1.14. The second kappa shape index (κ2) is 53.1. The van der Waals surface area contributed by atoms with Gasteiger partial charge in [-0.1, -0.05) is 135 Å². The van der Waals surface area contributed by atoms with Gasteiger partial charge in [0.05, 0.1) is 0 Å². The van der Waals surface area contributed by atoms with E-state index in [-0.39, 0.29) is 0 Å². The molecule has 87 heavy (non-hydrogen) atoms. The van der Waals surface area contributed by atoms with Crippen LogP contribution in [-0.4, -0.2) is 171 Å². The van der Waals surface area contributed by atoms with Crippen molar-refractivity contribution in [3.63, 3.8) is 0 Å². The van der Waals surface area contributed by atoms with Gasteiger partial charge in [0.25, 0.3) is 0 Å². The highest BCUT2D eigenvalue weighted by atomic mass is 28.4. The predicted molar refractivity (Wildman–Crippen MR) is 408 cm³/mol. The largest absolute Gasteiger partial charge is 0.423 e. The van der Waals surface area contributed by atoms with Gasteiger partial charge in [-0.25, -0.2) is 0 Å².